The van der Waals surface area contributed by atoms with E-state index in [4.69, 9.17) is 0 Å². The Hall–Kier alpha value is -1.07. The fourth-order valence-corrected chi connectivity index (χ4v) is 3.41. The summed E-state index contributed by atoms with van der Waals surface area (Å²) in [6, 6.07) is 1.58. The first-order chi connectivity index (χ1) is 9.06. The van der Waals surface area contributed by atoms with Gasteiger partial charge in [0.2, 0.25) is 0 Å². The van der Waals surface area contributed by atoms with Gasteiger partial charge in [0.25, 0.3) is 5.91 Å². The number of piperidine rings is 1. The first kappa shape index (κ1) is 15.3. The van der Waals surface area contributed by atoms with E-state index in [0.29, 0.717) is 18.1 Å². The Labute approximate surface area is 126 Å². The quantitative estimate of drug-likeness (QED) is 0.900. The first-order valence-corrected chi connectivity index (χ1v) is 7.08. The molecule has 0 saturated carbocycles. The minimum atomic E-state index is 0. The van der Waals surface area contributed by atoms with Crippen molar-refractivity contribution in [2.45, 2.75) is 50.7 Å². The van der Waals surface area contributed by atoms with Crippen molar-refractivity contribution >= 4 is 18.3 Å². The Morgan fingerprint density at radius 3 is 2.50 bits per heavy atom. The fourth-order valence-electron chi connectivity index (χ4n) is 3.41. The molecule has 2 bridgehead atoms. The van der Waals surface area contributed by atoms with Crippen molar-refractivity contribution in [1.82, 2.24) is 20.0 Å². The predicted octanol–water partition coefficient (Wildman–Crippen LogP) is 1.51. The van der Waals surface area contributed by atoms with Crippen molar-refractivity contribution in [3.63, 3.8) is 0 Å². The molecule has 1 amide bonds. The largest absolute Gasteiger partial charge is 0.338 e. The van der Waals surface area contributed by atoms with Crippen LogP contribution in [0.15, 0.2) is 6.20 Å². The van der Waals surface area contributed by atoms with Gasteiger partial charge in [0.1, 0.15) is 0 Å². The van der Waals surface area contributed by atoms with Crippen LogP contribution in [-0.2, 0) is 7.05 Å². The lowest BCUT2D eigenvalue weighted by molar-refractivity contribution is 0.0681. The van der Waals surface area contributed by atoms with Crippen molar-refractivity contribution in [3.8, 4) is 0 Å². The highest BCUT2D eigenvalue weighted by molar-refractivity contribution is 5.95. The van der Waals surface area contributed by atoms with Gasteiger partial charge in [0, 0.05) is 37.9 Å². The number of rotatable bonds is 2. The summed E-state index contributed by atoms with van der Waals surface area (Å²) in [5, 5.41) is 7.78. The van der Waals surface area contributed by atoms with Gasteiger partial charge in [-0.05, 0) is 32.6 Å². The summed E-state index contributed by atoms with van der Waals surface area (Å²) in [6.07, 6.45) is 6.37. The zero-order chi connectivity index (χ0) is 13.6. The zero-order valence-electron chi connectivity index (χ0n) is 12.3. The summed E-state index contributed by atoms with van der Waals surface area (Å²) in [7, 11) is 3.81. The van der Waals surface area contributed by atoms with E-state index in [0.717, 1.165) is 24.1 Å². The topological polar surface area (TPSA) is 50.2 Å². The molecule has 6 heteroatoms. The molecule has 1 N–H and O–H groups in total. The van der Waals surface area contributed by atoms with E-state index in [2.05, 4.69) is 10.4 Å². The molecule has 2 unspecified atom stereocenters. The maximum Gasteiger partial charge on any atom is 0.257 e. The van der Waals surface area contributed by atoms with E-state index < -0.39 is 0 Å². The smallest absolute Gasteiger partial charge is 0.257 e. The summed E-state index contributed by atoms with van der Waals surface area (Å²) in [5.41, 5.74) is 1.67. The molecule has 2 aliphatic heterocycles. The second-order valence-electron chi connectivity index (χ2n) is 5.95. The van der Waals surface area contributed by atoms with E-state index in [1.165, 1.54) is 12.8 Å². The fraction of sp³-hybridized carbons (Fsp3) is 0.714. The summed E-state index contributed by atoms with van der Waals surface area (Å²) in [5.74, 6) is 0.108. The SMILES string of the molecule is Cc1c(C(=O)N(C)C2CC3CCC(C2)N3)cnn1C.Cl. The van der Waals surface area contributed by atoms with E-state index in [1.54, 1.807) is 10.9 Å². The number of aryl methyl sites for hydroxylation is 1. The molecule has 20 heavy (non-hydrogen) atoms. The molecule has 5 nitrogen and oxygen atoms in total. The highest BCUT2D eigenvalue weighted by Gasteiger charge is 2.36. The van der Waals surface area contributed by atoms with Crippen LogP contribution < -0.4 is 5.32 Å². The number of carbonyl (C=O) groups excluding carboxylic acids is 1. The van der Waals surface area contributed by atoms with Gasteiger partial charge < -0.3 is 10.2 Å². The molecule has 3 heterocycles. The predicted molar refractivity (Wildman–Crippen MR) is 80.3 cm³/mol. The van der Waals surface area contributed by atoms with E-state index >= 15 is 0 Å². The lowest BCUT2D eigenvalue weighted by Gasteiger charge is -2.35. The lowest BCUT2D eigenvalue weighted by atomic mass is 9.98. The molecular formula is C14H23ClN4O. The molecule has 1 aromatic heterocycles. The number of nitrogens with one attached hydrogen (secondary N) is 1. The second kappa shape index (κ2) is 5.74. The van der Waals surface area contributed by atoms with Crippen molar-refractivity contribution in [1.29, 1.82) is 0 Å². The van der Waals surface area contributed by atoms with Gasteiger partial charge in [-0.1, -0.05) is 0 Å². The zero-order valence-corrected chi connectivity index (χ0v) is 13.1. The van der Waals surface area contributed by atoms with E-state index in [9.17, 15) is 4.79 Å². The van der Waals surface area contributed by atoms with Crippen LogP contribution in [0.5, 0.6) is 0 Å². The molecule has 3 rings (SSSR count). The summed E-state index contributed by atoms with van der Waals surface area (Å²) in [6.45, 7) is 1.94. The maximum atomic E-state index is 12.6. The molecule has 2 atom stereocenters. The van der Waals surface area contributed by atoms with Gasteiger partial charge in [-0.25, -0.2) is 0 Å². The Morgan fingerprint density at radius 2 is 2.00 bits per heavy atom. The van der Waals surface area contributed by atoms with Crippen LogP contribution >= 0.6 is 12.4 Å². The van der Waals surface area contributed by atoms with E-state index in [-0.39, 0.29) is 18.3 Å². The Balaban J connectivity index is 0.00000147. The van der Waals surface area contributed by atoms with Crippen LogP contribution in [0.2, 0.25) is 0 Å². The third kappa shape index (κ3) is 2.56. The average molecular weight is 299 g/mol. The molecule has 2 fully saturated rings. The Morgan fingerprint density at radius 1 is 1.40 bits per heavy atom. The van der Waals surface area contributed by atoms with Crippen molar-refractivity contribution in [3.05, 3.63) is 17.5 Å². The average Bonchev–Trinajstić information content (AvgIpc) is 2.91. The standard InChI is InChI=1S/C14H22N4O.ClH/c1-9-13(8-15-18(9)3)14(19)17(2)12-6-10-4-5-11(7-12)16-10;/h8,10-12,16H,4-7H2,1-3H3;1H. The molecular weight excluding hydrogens is 276 g/mol. The van der Waals surface area contributed by atoms with Crippen molar-refractivity contribution in [2.24, 2.45) is 7.05 Å². The van der Waals surface area contributed by atoms with Crippen LogP contribution in [0.3, 0.4) is 0 Å². The third-order valence-corrected chi connectivity index (χ3v) is 4.78. The molecule has 112 valence electrons. The van der Waals surface area contributed by atoms with Crippen LogP contribution in [0.4, 0.5) is 0 Å². The number of aromatic nitrogens is 2. The van der Waals surface area contributed by atoms with Gasteiger partial charge in [-0.15, -0.1) is 12.4 Å². The number of hydrogen-bond donors (Lipinski definition) is 1. The molecule has 1 aromatic rings. The highest BCUT2D eigenvalue weighted by atomic mass is 35.5. The second-order valence-corrected chi connectivity index (χ2v) is 5.95. The first-order valence-electron chi connectivity index (χ1n) is 7.08. The van der Waals surface area contributed by atoms with Gasteiger partial charge in [-0.3, -0.25) is 9.48 Å². The number of fused-ring (bicyclic) bond motifs is 2. The van der Waals surface area contributed by atoms with Gasteiger partial charge in [-0.2, -0.15) is 5.10 Å². The maximum absolute atomic E-state index is 12.6. The lowest BCUT2D eigenvalue weighted by Crippen LogP contribution is -2.48. The van der Waals surface area contributed by atoms with Gasteiger partial charge in [0.15, 0.2) is 0 Å². The third-order valence-electron chi connectivity index (χ3n) is 4.78. The Kier molecular flexibility index (Phi) is 4.39. The monoisotopic (exact) mass is 298 g/mol. The normalized spacial score (nSPS) is 28.1. The van der Waals surface area contributed by atoms with Crippen LogP contribution in [0, 0.1) is 6.92 Å². The van der Waals surface area contributed by atoms with Crippen molar-refractivity contribution < 1.29 is 4.79 Å². The minimum Gasteiger partial charge on any atom is -0.338 e. The highest BCUT2D eigenvalue weighted by Crippen LogP contribution is 2.30. The van der Waals surface area contributed by atoms with Crippen LogP contribution in [0.25, 0.3) is 0 Å². The summed E-state index contributed by atoms with van der Waals surface area (Å²) >= 11 is 0. The molecule has 0 aliphatic carbocycles. The van der Waals surface area contributed by atoms with Gasteiger partial charge >= 0.3 is 0 Å². The molecule has 2 saturated heterocycles. The molecule has 0 spiro atoms. The van der Waals surface area contributed by atoms with E-state index in [1.807, 2.05) is 25.9 Å². The summed E-state index contributed by atoms with van der Waals surface area (Å²) in [4.78, 5) is 14.5. The molecule has 2 aliphatic rings. The minimum absolute atomic E-state index is 0. The molecule has 0 radical (unpaired) electrons. The number of halogens is 1. The number of carbonyl (C=O) groups is 1. The van der Waals surface area contributed by atoms with Crippen LogP contribution in [0.1, 0.15) is 41.7 Å². The van der Waals surface area contributed by atoms with Crippen LogP contribution in [-0.4, -0.2) is 45.8 Å². The number of nitrogens with zero attached hydrogens (tertiary/aromatic N) is 3. The van der Waals surface area contributed by atoms with Gasteiger partial charge in [0.05, 0.1) is 11.8 Å². The Bertz CT molecular complexity index is 489. The summed E-state index contributed by atoms with van der Waals surface area (Å²) < 4.78 is 1.76. The number of hydrogen-bond acceptors (Lipinski definition) is 3. The van der Waals surface area contributed by atoms with Crippen molar-refractivity contribution in [2.75, 3.05) is 7.05 Å². The number of amides is 1. The molecule has 0 aromatic carbocycles.